The summed E-state index contributed by atoms with van der Waals surface area (Å²) in [6.07, 6.45) is 9.96. The Hall–Kier alpha value is -0.260. The molecule has 0 bridgehead atoms. The summed E-state index contributed by atoms with van der Waals surface area (Å²) < 4.78 is 0. The van der Waals surface area contributed by atoms with Gasteiger partial charge in [0.1, 0.15) is 0 Å². The highest BCUT2D eigenvalue weighted by molar-refractivity contribution is 4.94. The van der Waals surface area contributed by atoms with E-state index in [2.05, 4.69) is 26.0 Å². The monoisotopic (exact) mass is 137 g/mol. The van der Waals surface area contributed by atoms with E-state index >= 15 is 0 Å². The maximum Gasteiger partial charge on any atom is -0.0265 e. The summed E-state index contributed by atoms with van der Waals surface area (Å²) in [4.78, 5) is 0. The molecule has 1 saturated carbocycles. The lowest BCUT2D eigenvalue weighted by Crippen LogP contribution is -1.88. The van der Waals surface area contributed by atoms with Crippen molar-refractivity contribution in [2.75, 3.05) is 0 Å². The first-order valence-corrected chi connectivity index (χ1v) is 4.29. The van der Waals surface area contributed by atoms with Crippen LogP contribution in [-0.2, 0) is 0 Å². The van der Waals surface area contributed by atoms with Gasteiger partial charge in [-0.2, -0.15) is 0 Å². The van der Waals surface area contributed by atoms with E-state index < -0.39 is 0 Å². The summed E-state index contributed by atoms with van der Waals surface area (Å²) >= 11 is 0. The quantitative estimate of drug-likeness (QED) is 0.510. The van der Waals surface area contributed by atoms with E-state index in [4.69, 9.17) is 0 Å². The first-order chi connectivity index (χ1) is 4.83. The second kappa shape index (κ2) is 3.80. The number of hydrogen-bond donors (Lipinski definition) is 0. The van der Waals surface area contributed by atoms with Gasteiger partial charge in [-0.15, -0.1) is 6.58 Å². The molecule has 0 saturated heterocycles. The van der Waals surface area contributed by atoms with Gasteiger partial charge in [0.2, 0.25) is 0 Å². The van der Waals surface area contributed by atoms with Crippen molar-refractivity contribution in [3.63, 3.8) is 0 Å². The molecule has 0 heteroatoms. The van der Waals surface area contributed by atoms with E-state index in [1.807, 2.05) is 0 Å². The lowest BCUT2D eigenvalue weighted by molar-refractivity contribution is 0.562. The number of rotatable bonds is 5. The van der Waals surface area contributed by atoms with E-state index in [-0.39, 0.29) is 0 Å². The molecule has 10 heavy (non-hydrogen) atoms. The lowest BCUT2D eigenvalue weighted by atomic mass is 10.0. The fraction of sp³-hybridized carbons (Fsp3) is 0.700. The van der Waals surface area contributed by atoms with Crippen molar-refractivity contribution < 1.29 is 0 Å². The predicted octanol–water partition coefficient (Wildman–Crippen LogP) is 3.20. The predicted molar refractivity (Wildman–Crippen MR) is 45.6 cm³/mol. The maximum atomic E-state index is 3.77. The summed E-state index contributed by atoms with van der Waals surface area (Å²) in [5.74, 6) is 1.70. The molecule has 1 aliphatic carbocycles. The molecule has 1 fully saturated rings. The summed E-state index contributed by atoms with van der Waals surface area (Å²) in [7, 11) is 0. The van der Waals surface area contributed by atoms with Crippen LogP contribution in [-0.4, -0.2) is 0 Å². The van der Waals surface area contributed by atoms with Gasteiger partial charge < -0.3 is 0 Å². The Bertz CT molecular complexity index is 101. The van der Waals surface area contributed by atoms with Crippen molar-refractivity contribution in [2.45, 2.75) is 32.6 Å². The second-order valence-corrected chi connectivity index (χ2v) is 3.38. The third-order valence-corrected chi connectivity index (χ3v) is 2.21. The minimum absolute atomic E-state index is 0.721. The summed E-state index contributed by atoms with van der Waals surface area (Å²) in [6, 6.07) is 0. The zero-order valence-electron chi connectivity index (χ0n) is 6.84. The van der Waals surface area contributed by atoms with Crippen LogP contribution in [0.4, 0.5) is 0 Å². The Morgan fingerprint density at radius 2 is 2.50 bits per heavy atom. The zero-order chi connectivity index (χ0) is 7.40. The Morgan fingerprint density at radius 3 is 3.00 bits per heavy atom. The van der Waals surface area contributed by atoms with Gasteiger partial charge in [-0.3, -0.25) is 0 Å². The van der Waals surface area contributed by atoms with Gasteiger partial charge in [-0.25, -0.2) is 0 Å². The van der Waals surface area contributed by atoms with Crippen LogP contribution in [0.5, 0.6) is 0 Å². The molecular weight excluding hydrogens is 120 g/mol. The van der Waals surface area contributed by atoms with Crippen molar-refractivity contribution in [3.8, 4) is 0 Å². The molecule has 0 aromatic heterocycles. The Balaban J connectivity index is 1.88. The lowest BCUT2D eigenvalue weighted by Gasteiger charge is -2.03. The molecule has 1 aliphatic rings. The molecular formula is C10H17. The van der Waals surface area contributed by atoms with Crippen molar-refractivity contribution in [2.24, 2.45) is 11.8 Å². The summed E-state index contributed by atoms with van der Waals surface area (Å²) in [5.41, 5.74) is 0. The average molecular weight is 137 g/mol. The second-order valence-electron chi connectivity index (χ2n) is 3.38. The van der Waals surface area contributed by atoms with E-state index in [0.717, 1.165) is 11.8 Å². The Labute approximate surface area is 64.3 Å². The molecule has 2 atom stereocenters. The van der Waals surface area contributed by atoms with Crippen LogP contribution in [0, 0.1) is 18.3 Å². The normalized spacial score (nSPS) is 20.5. The molecule has 57 valence electrons. The van der Waals surface area contributed by atoms with Crippen LogP contribution in [0.25, 0.3) is 0 Å². The van der Waals surface area contributed by atoms with Crippen LogP contribution < -0.4 is 0 Å². The molecule has 1 radical (unpaired) electrons. The fourth-order valence-electron chi connectivity index (χ4n) is 1.15. The highest BCUT2D eigenvalue weighted by Crippen LogP contribution is 2.32. The van der Waals surface area contributed by atoms with Gasteiger partial charge >= 0.3 is 0 Å². The minimum Gasteiger partial charge on any atom is -0.103 e. The molecule has 0 aromatic carbocycles. The van der Waals surface area contributed by atoms with Gasteiger partial charge in [0.15, 0.2) is 0 Å². The smallest absolute Gasteiger partial charge is 0.0265 e. The topological polar surface area (TPSA) is 0 Å². The van der Waals surface area contributed by atoms with Gasteiger partial charge in [0, 0.05) is 0 Å². The first-order valence-electron chi connectivity index (χ1n) is 4.29. The molecule has 0 nitrogen and oxygen atoms in total. The molecule has 0 aromatic rings. The van der Waals surface area contributed by atoms with E-state index in [0.29, 0.717) is 0 Å². The SMILES string of the molecule is C=CC(C)CCCC1[CH]C1. The largest absolute Gasteiger partial charge is 0.103 e. The van der Waals surface area contributed by atoms with Crippen molar-refractivity contribution in [3.05, 3.63) is 19.1 Å². The van der Waals surface area contributed by atoms with E-state index in [1.165, 1.54) is 25.7 Å². The van der Waals surface area contributed by atoms with Crippen molar-refractivity contribution in [1.82, 2.24) is 0 Å². The highest BCUT2D eigenvalue weighted by atomic mass is 14.3. The molecule has 0 aliphatic heterocycles. The number of hydrogen-bond acceptors (Lipinski definition) is 0. The third-order valence-electron chi connectivity index (χ3n) is 2.21. The standard InChI is InChI=1S/C10H17/c1-3-9(2)5-4-6-10-7-8-10/h3,7,9-10H,1,4-6,8H2,2H3. The highest BCUT2D eigenvalue weighted by Gasteiger charge is 2.20. The van der Waals surface area contributed by atoms with Gasteiger partial charge in [0.25, 0.3) is 0 Å². The average Bonchev–Trinajstić information content (AvgIpc) is 2.71. The summed E-state index contributed by atoms with van der Waals surface area (Å²) in [6.45, 7) is 6.01. The molecule has 0 amide bonds. The van der Waals surface area contributed by atoms with Gasteiger partial charge in [-0.05, 0) is 31.1 Å². The van der Waals surface area contributed by atoms with Crippen molar-refractivity contribution >= 4 is 0 Å². The fourth-order valence-corrected chi connectivity index (χ4v) is 1.15. The van der Waals surface area contributed by atoms with Crippen LogP contribution in [0.3, 0.4) is 0 Å². The van der Waals surface area contributed by atoms with Crippen LogP contribution in [0.2, 0.25) is 0 Å². The van der Waals surface area contributed by atoms with E-state index in [1.54, 1.807) is 0 Å². The molecule has 0 spiro atoms. The molecule has 1 rings (SSSR count). The van der Waals surface area contributed by atoms with Crippen molar-refractivity contribution in [1.29, 1.82) is 0 Å². The Morgan fingerprint density at radius 1 is 1.80 bits per heavy atom. The van der Waals surface area contributed by atoms with Crippen LogP contribution >= 0.6 is 0 Å². The van der Waals surface area contributed by atoms with Crippen LogP contribution in [0.1, 0.15) is 32.6 Å². The Kier molecular flexibility index (Phi) is 2.98. The van der Waals surface area contributed by atoms with Gasteiger partial charge in [-0.1, -0.05) is 25.8 Å². The number of allylic oxidation sites excluding steroid dienone is 1. The molecule has 0 N–H and O–H groups in total. The minimum atomic E-state index is 0.721. The van der Waals surface area contributed by atoms with E-state index in [9.17, 15) is 0 Å². The van der Waals surface area contributed by atoms with Gasteiger partial charge in [0.05, 0.1) is 0 Å². The summed E-state index contributed by atoms with van der Waals surface area (Å²) in [5, 5.41) is 0. The molecule has 0 heterocycles. The van der Waals surface area contributed by atoms with Crippen LogP contribution in [0.15, 0.2) is 12.7 Å². The third kappa shape index (κ3) is 3.05. The first kappa shape index (κ1) is 7.84. The molecule has 2 unspecified atom stereocenters. The maximum absolute atomic E-state index is 3.77. The zero-order valence-corrected chi connectivity index (χ0v) is 6.84.